The van der Waals surface area contributed by atoms with Gasteiger partial charge in [-0.2, -0.15) is 0 Å². The molecule has 2 rings (SSSR count). The number of nitrogens with one attached hydrogen (secondary N) is 2. The first-order valence-electron chi connectivity index (χ1n) is 9.33. The predicted molar refractivity (Wildman–Crippen MR) is 97.4 cm³/mol. The third-order valence-electron chi connectivity index (χ3n) is 4.17. The van der Waals surface area contributed by atoms with E-state index in [4.69, 9.17) is 5.11 Å². The molecule has 3 N–H and O–H groups in total. The molecule has 6 nitrogen and oxygen atoms in total. The number of hydrogen-bond acceptors (Lipinski definition) is 4. The van der Waals surface area contributed by atoms with E-state index in [1.807, 2.05) is 11.6 Å². The lowest BCUT2D eigenvalue weighted by molar-refractivity contribution is 0.0691. The Bertz CT molecular complexity index is 426. The minimum absolute atomic E-state index is 0.133. The van der Waals surface area contributed by atoms with Gasteiger partial charge in [-0.25, -0.2) is 9.78 Å². The van der Waals surface area contributed by atoms with Crippen molar-refractivity contribution in [3.63, 3.8) is 0 Å². The maximum absolute atomic E-state index is 10.5. The van der Waals surface area contributed by atoms with Crippen molar-refractivity contribution in [2.75, 3.05) is 20.1 Å². The molecule has 0 radical (unpaired) electrons. The molecule has 1 aliphatic rings. The average Bonchev–Trinajstić information content (AvgIpc) is 3.02. The summed E-state index contributed by atoms with van der Waals surface area (Å²) in [5, 5.41) is 14.9. The number of nitrogens with zero attached hydrogens (tertiary/aromatic N) is 2. The number of imidazole rings is 1. The number of carboxylic acid groups (broad SMARTS) is 1. The Morgan fingerprint density at radius 2 is 1.92 bits per heavy atom. The Labute approximate surface area is 146 Å². The Balaban J connectivity index is 0.000000240. The fourth-order valence-corrected chi connectivity index (χ4v) is 2.73. The molecular formula is C18H34N4O2. The fourth-order valence-electron chi connectivity index (χ4n) is 2.73. The predicted octanol–water partition coefficient (Wildman–Crippen LogP) is 3.03. The van der Waals surface area contributed by atoms with Crippen LogP contribution in [0, 0.1) is 0 Å². The van der Waals surface area contributed by atoms with E-state index in [-0.39, 0.29) is 5.69 Å². The van der Waals surface area contributed by atoms with Crippen molar-refractivity contribution in [1.29, 1.82) is 0 Å². The number of rotatable bonds is 10. The van der Waals surface area contributed by atoms with Gasteiger partial charge in [-0.05, 0) is 20.0 Å². The molecule has 0 spiro atoms. The molecule has 6 heteroatoms. The van der Waals surface area contributed by atoms with Crippen LogP contribution in [0.1, 0.15) is 74.6 Å². The SMILES string of the molecule is CCCCCCCCCCNC.O=C(O)c1cn2c(n1)CNCC2. The zero-order chi connectivity index (χ0) is 17.6. The van der Waals surface area contributed by atoms with Crippen LogP contribution < -0.4 is 10.6 Å². The summed E-state index contributed by atoms with van der Waals surface area (Å²) in [6.07, 6.45) is 12.9. The molecule has 0 fully saturated rings. The van der Waals surface area contributed by atoms with E-state index in [0.717, 1.165) is 18.9 Å². The zero-order valence-corrected chi connectivity index (χ0v) is 15.3. The van der Waals surface area contributed by atoms with Crippen molar-refractivity contribution in [2.24, 2.45) is 0 Å². The summed E-state index contributed by atoms with van der Waals surface area (Å²) < 4.78 is 1.87. The molecule has 1 aliphatic heterocycles. The van der Waals surface area contributed by atoms with E-state index in [1.54, 1.807) is 6.20 Å². The number of hydrogen-bond donors (Lipinski definition) is 3. The maximum atomic E-state index is 10.5. The van der Waals surface area contributed by atoms with Crippen LogP contribution in [-0.4, -0.2) is 40.8 Å². The van der Waals surface area contributed by atoms with Gasteiger partial charge in [0.25, 0.3) is 0 Å². The zero-order valence-electron chi connectivity index (χ0n) is 15.3. The molecular weight excluding hydrogens is 304 g/mol. The Kier molecular flexibility index (Phi) is 11.1. The van der Waals surface area contributed by atoms with E-state index in [2.05, 4.69) is 22.5 Å². The van der Waals surface area contributed by atoms with Gasteiger partial charge >= 0.3 is 5.97 Å². The first kappa shape index (κ1) is 20.6. The van der Waals surface area contributed by atoms with Gasteiger partial charge in [-0.1, -0.05) is 51.9 Å². The highest BCUT2D eigenvalue weighted by molar-refractivity contribution is 5.85. The third-order valence-corrected chi connectivity index (χ3v) is 4.17. The molecule has 0 aromatic carbocycles. The minimum atomic E-state index is -0.961. The van der Waals surface area contributed by atoms with E-state index in [0.29, 0.717) is 6.54 Å². The smallest absolute Gasteiger partial charge is 0.356 e. The lowest BCUT2D eigenvalue weighted by atomic mass is 10.1. The summed E-state index contributed by atoms with van der Waals surface area (Å²) in [4.78, 5) is 14.5. The van der Waals surface area contributed by atoms with Crippen molar-refractivity contribution in [3.05, 3.63) is 17.7 Å². The Morgan fingerprint density at radius 3 is 2.50 bits per heavy atom. The van der Waals surface area contributed by atoms with Gasteiger partial charge in [0.15, 0.2) is 5.69 Å². The summed E-state index contributed by atoms with van der Waals surface area (Å²) in [5.41, 5.74) is 0.133. The van der Waals surface area contributed by atoms with Crippen LogP contribution in [0.5, 0.6) is 0 Å². The lowest BCUT2D eigenvalue weighted by Gasteiger charge is -2.13. The van der Waals surface area contributed by atoms with Crippen molar-refractivity contribution < 1.29 is 9.90 Å². The van der Waals surface area contributed by atoms with Crippen molar-refractivity contribution >= 4 is 5.97 Å². The fraction of sp³-hybridized carbons (Fsp3) is 0.778. The number of fused-ring (bicyclic) bond motifs is 1. The molecule has 0 saturated heterocycles. The van der Waals surface area contributed by atoms with Gasteiger partial charge < -0.3 is 20.3 Å². The van der Waals surface area contributed by atoms with Crippen LogP contribution in [-0.2, 0) is 13.1 Å². The van der Waals surface area contributed by atoms with Crippen LogP contribution in [0.15, 0.2) is 6.20 Å². The molecule has 24 heavy (non-hydrogen) atoms. The second kappa shape index (κ2) is 13.0. The standard InChI is InChI=1S/C11H25N.C7H9N3O2/c1-3-4-5-6-7-8-9-10-11-12-2;11-7(12)5-4-10-2-1-8-3-6(10)9-5/h12H,3-11H2,1-2H3;4,8H,1-3H2,(H,11,12). The summed E-state index contributed by atoms with van der Waals surface area (Å²) in [5.74, 6) is -0.157. The van der Waals surface area contributed by atoms with Crippen molar-refractivity contribution in [2.45, 2.75) is 71.4 Å². The minimum Gasteiger partial charge on any atom is -0.476 e. The average molecular weight is 338 g/mol. The molecule has 1 aromatic heterocycles. The van der Waals surface area contributed by atoms with E-state index in [1.165, 1.54) is 57.9 Å². The number of unbranched alkanes of at least 4 members (excludes halogenated alkanes) is 7. The molecule has 0 amide bonds. The first-order valence-corrected chi connectivity index (χ1v) is 9.33. The highest BCUT2D eigenvalue weighted by Gasteiger charge is 2.14. The maximum Gasteiger partial charge on any atom is 0.356 e. The topological polar surface area (TPSA) is 79.2 Å². The van der Waals surface area contributed by atoms with Gasteiger partial charge in [0.2, 0.25) is 0 Å². The van der Waals surface area contributed by atoms with Gasteiger partial charge in [-0.15, -0.1) is 0 Å². The Hall–Kier alpha value is -1.40. The van der Waals surface area contributed by atoms with Gasteiger partial charge in [0.05, 0.1) is 6.54 Å². The lowest BCUT2D eigenvalue weighted by Crippen LogP contribution is -2.27. The molecule has 2 heterocycles. The molecule has 0 unspecified atom stereocenters. The summed E-state index contributed by atoms with van der Waals surface area (Å²) in [6.45, 7) is 5.80. The van der Waals surface area contributed by atoms with Crippen LogP contribution in [0.2, 0.25) is 0 Å². The number of aromatic carboxylic acids is 1. The summed E-state index contributed by atoms with van der Waals surface area (Å²) in [7, 11) is 2.03. The largest absolute Gasteiger partial charge is 0.476 e. The Morgan fingerprint density at radius 1 is 1.25 bits per heavy atom. The van der Waals surface area contributed by atoms with Crippen LogP contribution in [0.3, 0.4) is 0 Å². The van der Waals surface area contributed by atoms with Gasteiger partial charge in [-0.3, -0.25) is 0 Å². The second-order valence-electron chi connectivity index (χ2n) is 6.30. The van der Waals surface area contributed by atoms with E-state index >= 15 is 0 Å². The van der Waals surface area contributed by atoms with Gasteiger partial charge in [0, 0.05) is 19.3 Å². The highest BCUT2D eigenvalue weighted by Crippen LogP contribution is 2.08. The summed E-state index contributed by atoms with van der Waals surface area (Å²) in [6, 6.07) is 0. The molecule has 0 saturated carbocycles. The first-order chi connectivity index (χ1) is 11.7. The summed E-state index contributed by atoms with van der Waals surface area (Å²) >= 11 is 0. The molecule has 0 atom stereocenters. The van der Waals surface area contributed by atoms with Crippen LogP contribution in [0.25, 0.3) is 0 Å². The molecule has 138 valence electrons. The second-order valence-corrected chi connectivity index (χ2v) is 6.30. The van der Waals surface area contributed by atoms with Gasteiger partial charge in [0.1, 0.15) is 5.82 Å². The van der Waals surface area contributed by atoms with E-state index < -0.39 is 5.97 Å². The van der Waals surface area contributed by atoms with Crippen LogP contribution >= 0.6 is 0 Å². The van der Waals surface area contributed by atoms with Crippen molar-refractivity contribution in [1.82, 2.24) is 20.2 Å². The van der Waals surface area contributed by atoms with Crippen molar-refractivity contribution in [3.8, 4) is 0 Å². The number of carboxylic acids is 1. The number of aromatic nitrogens is 2. The van der Waals surface area contributed by atoms with E-state index in [9.17, 15) is 4.79 Å². The number of carbonyl (C=O) groups is 1. The normalized spacial score (nSPS) is 13.1. The highest BCUT2D eigenvalue weighted by atomic mass is 16.4. The molecule has 0 aliphatic carbocycles. The molecule has 0 bridgehead atoms. The monoisotopic (exact) mass is 338 g/mol. The van der Waals surface area contributed by atoms with Crippen LogP contribution in [0.4, 0.5) is 0 Å². The quantitative estimate of drug-likeness (QED) is 0.572. The molecule has 1 aromatic rings. The third kappa shape index (κ3) is 8.45.